The fourth-order valence-corrected chi connectivity index (χ4v) is 1.51. The van der Waals surface area contributed by atoms with Crippen molar-refractivity contribution in [1.29, 1.82) is 0 Å². The van der Waals surface area contributed by atoms with E-state index in [2.05, 4.69) is 12.2 Å². The maximum Gasteiger partial charge on any atom is 0.219 e. The highest BCUT2D eigenvalue weighted by Crippen LogP contribution is 2.02. The molecular formula is C13H25NO2. The topological polar surface area (TPSA) is 46.2 Å². The predicted molar refractivity (Wildman–Crippen MR) is 66.3 cm³/mol. The van der Waals surface area contributed by atoms with Crippen LogP contribution in [0.25, 0.3) is 0 Å². The van der Waals surface area contributed by atoms with Crippen LogP contribution in [0.15, 0.2) is 0 Å². The average molecular weight is 227 g/mol. The molecule has 1 amide bonds. The zero-order chi connectivity index (χ0) is 12.2. The van der Waals surface area contributed by atoms with Gasteiger partial charge in [0.05, 0.1) is 0 Å². The van der Waals surface area contributed by atoms with E-state index in [0.717, 1.165) is 45.1 Å². The minimum absolute atomic E-state index is 0.172. The Balaban J connectivity index is 3.14. The normalized spacial score (nSPS) is 10.1. The Kier molecular flexibility index (Phi) is 10.1. The molecule has 0 unspecified atom stereocenters. The number of amides is 1. The summed E-state index contributed by atoms with van der Waals surface area (Å²) in [7, 11) is 0. The molecule has 16 heavy (non-hydrogen) atoms. The van der Waals surface area contributed by atoms with Crippen LogP contribution in [0.5, 0.6) is 0 Å². The Morgan fingerprint density at radius 3 is 2.25 bits per heavy atom. The summed E-state index contributed by atoms with van der Waals surface area (Å²) < 4.78 is 0. The van der Waals surface area contributed by atoms with Crippen LogP contribution in [-0.2, 0) is 9.59 Å². The fourth-order valence-electron chi connectivity index (χ4n) is 1.51. The molecule has 0 fully saturated rings. The molecule has 3 nitrogen and oxygen atoms in total. The monoisotopic (exact) mass is 227 g/mol. The number of Topliss-reactive ketones (excluding diaryl/α,β-unsaturated/α-hetero) is 1. The molecule has 0 aromatic rings. The lowest BCUT2D eigenvalue weighted by molar-refractivity contribution is -0.121. The predicted octanol–water partition coefficient (Wildman–Crippen LogP) is 2.83. The molecule has 0 aliphatic rings. The highest BCUT2D eigenvalue weighted by Gasteiger charge is 1.99. The van der Waals surface area contributed by atoms with Gasteiger partial charge in [-0.1, -0.05) is 26.2 Å². The zero-order valence-corrected chi connectivity index (χ0v) is 10.7. The Labute approximate surface area is 99.0 Å². The van der Waals surface area contributed by atoms with Crippen molar-refractivity contribution in [2.24, 2.45) is 0 Å². The van der Waals surface area contributed by atoms with Gasteiger partial charge in [0.25, 0.3) is 0 Å². The van der Waals surface area contributed by atoms with Crippen molar-refractivity contribution < 1.29 is 9.59 Å². The molecule has 0 radical (unpaired) electrons. The van der Waals surface area contributed by atoms with Crippen LogP contribution < -0.4 is 5.32 Å². The van der Waals surface area contributed by atoms with Gasteiger partial charge in [-0.05, 0) is 26.2 Å². The smallest absolute Gasteiger partial charge is 0.219 e. The number of carbonyl (C=O) groups is 2. The largest absolute Gasteiger partial charge is 0.356 e. The van der Waals surface area contributed by atoms with Gasteiger partial charge in [-0.15, -0.1) is 0 Å². The summed E-state index contributed by atoms with van der Waals surface area (Å²) in [5.41, 5.74) is 0. The first-order valence-electron chi connectivity index (χ1n) is 6.43. The van der Waals surface area contributed by atoms with Crippen LogP contribution in [0.2, 0.25) is 0 Å². The molecule has 0 heterocycles. The SMILES string of the molecule is CCCCC(=O)NCCCCCCC(C)=O. The standard InChI is InChI=1S/C13H25NO2/c1-3-4-10-13(16)14-11-8-6-5-7-9-12(2)15/h3-11H2,1-2H3,(H,14,16). The molecule has 94 valence electrons. The van der Waals surface area contributed by atoms with Crippen molar-refractivity contribution in [3.8, 4) is 0 Å². The Bertz CT molecular complexity index is 202. The van der Waals surface area contributed by atoms with Crippen molar-refractivity contribution in [2.45, 2.75) is 65.2 Å². The zero-order valence-electron chi connectivity index (χ0n) is 10.7. The summed E-state index contributed by atoms with van der Waals surface area (Å²) in [5.74, 6) is 0.443. The van der Waals surface area contributed by atoms with Gasteiger partial charge >= 0.3 is 0 Å². The lowest BCUT2D eigenvalue weighted by Crippen LogP contribution is -2.23. The van der Waals surface area contributed by atoms with Gasteiger partial charge in [0.2, 0.25) is 5.91 Å². The second-order valence-corrected chi connectivity index (χ2v) is 4.32. The molecule has 0 atom stereocenters. The van der Waals surface area contributed by atoms with E-state index >= 15 is 0 Å². The number of hydrogen-bond acceptors (Lipinski definition) is 2. The van der Waals surface area contributed by atoms with Crippen LogP contribution in [0.4, 0.5) is 0 Å². The molecule has 0 saturated carbocycles. The van der Waals surface area contributed by atoms with Gasteiger partial charge in [0.1, 0.15) is 5.78 Å². The third-order valence-electron chi connectivity index (χ3n) is 2.54. The fraction of sp³-hybridized carbons (Fsp3) is 0.846. The van der Waals surface area contributed by atoms with Gasteiger partial charge in [-0.3, -0.25) is 4.79 Å². The van der Waals surface area contributed by atoms with Crippen molar-refractivity contribution in [3.63, 3.8) is 0 Å². The molecule has 1 N–H and O–H groups in total. The van der Waals surface area contributed by atoms with E-state index in [1.807, 2.05) is 0 Å². The second-order valence-electron chi connectivity index (χ2n) is 4.32. The molecule has 0 aliphatic carbocycles. The number of nitrogens with one attached hydrogen (secondary N) is 1. The van der Waals surface area contributed by atoms with Crippen LogP contribution in [-0.4, -0.2) is 18.2 Å². The minimum Gasteiger partial charge on any atom is -0.356 e. The maximum atomic E-state index is 11.2. The summed E-state index contributed by atoms with van der Waals surface area (Å²) in [5, 5.41) is 2.91. The number of rotatable bonds is 10. The van der Waals surface area contributed by atoms with Gasteiger partial charge in [0.15, 0.2) is 0 Å². The van der Waals surface area contributed by atoms with Crippen molar-refractivity contribution >= 4 is 11.7 Å². The van der Waals surface area contributed by atoms with Crippen LogP contribution in [0, 0.1) is 0 Å². The third-order valence-corrected chi connectivity index (χ3v) is 2.54. The van der Waals surface area contributed by atoms with Gasteiger partial charge in [-0.2, -0.15) is 0 Å². The first kappa shape index (κ1) is 15.1. The summed E-state index contributed by atoms with van der Waals surface area (Å²) in [6.45, 7) is 4.50. The first-order chi connectivity index (χ1) is 7.66. The highest BCUT2D eigenvalue weighted by atomic mass is 16.1. The molecule has 0 aromatic heterocycles. The second kappa shape index (κ2) is 10.7. The minimum atomic E-state index is 0.172. The highest BCUT2D eigenvalue weighted by molar-refractivity contribution is 5.75. The lowest BCUT2D eigenvalue weighted by atomic mass is 10.1. The number of unbranched alkanes of at least 4 members (excludes halogenated alkanes) is 4. The van der Waals surface area contributed by atoms with Gasteiger partial charge < -0.3 is 10.1 Å². The molecule has 3 heteroatoms. The summed E-state index contributed by atoms with van der Waals surface area (Å²) in [6.07, 6.45) is 7.59. The van der Waals surface area contributed by atoms with E-state index in [-0.39, 0.29) is 11.7 Å². The molecule has 0 rings (SSSR count). The van der Waals surface area contributed by atoms with E-state index in [0.29, 0.717) is 12.8 Å². The average Bonchev–Trinajstić information content (AvgIpc) is 2.24. The first-order valence-corrected chi connectivity index (χ1v) is 6.43. The number of hydrogen-bond donors (Lipinski definition) is 1. The van der Waals surface area contributed by atoms with Crippen LogP contribution in [0.1, 0.15) is 65.2 Å². The molecule has 0 aliphatic heterocycles. The molecule has 0 spiro atoms. The van der Waals surface area contributed by atoms with E-state index < -0.39 is 0 Å². The third kappa shape index (κ3) is 11.2. The van der Waals surface area contributed by atoms with E-state index in [1.165, 1.54) is 0 Å². The molecule has 0 bridgehead atoms. The van der Waals surface area contributed by atoms with Crippen LogP contribution in [0.3, 0.4) is 0 Å². The van der Waals surface area contributed by atoms with Crippen molar-refractivity contribution in [3.05, 3.63) is 0 Å². The van der Waals surface area contributed by atoms with Gasteiger partial charge in [-0.25, -0.2) is 0 Å². The van der Waals surface area contributed by atoms with E-state index in [4.69, 9.17) is 0 Å². The Morgan fingerprint density at radius 1 is 0.938 bits per heavy atom. The van der Waals surface area contributed by atoms with Crippen LogP contribution >= 0.6 is 0 Å². The van der Waals surface area contributed by atoms with Crippen molar-refractivity contribution in [2.75, 3.05) is 6.54 Å². The molecular weight excluding hydrogens is 202 g/mol. The van der Waals surface area contributed by atoms with Gasteiger partial charge in [0, 0.05) is 19.4 Å². The summed E-state index contributed by atoms with van der Waals surface area (Å²) in [6, 6.07) is 0. The Hall–Kier alpha value is -0.860. The summed E-state index contributed by atoms with van der Waals surface area (Å²) in [4.78, 5) is 21.9. The lowest BCUT2D eigenvalue weighted by Gasteiger charge is -2.04. The summed E-state index contributed by atoms with van der Waals surface area (Å²) >= 11 is 0. The Morgan fingerprint density at radius 2 is 1.62 bits per heavy atom. The molecule has 0 saturated heterocycles. The van der Waals surface area contributed by atoms with Crippen molar-refractivity contribution in [1.82, 2.24) is 5.32 Å². The van der Waals surface area contributed by atoms with E-state index in [1.54, 1.807) is 6.92 Å². The van der Waals surface area contributed by atoms with E-state index in [9.17, 15) is 9.59 Å². The number of carbonyl (C=O) groups excluding carboxylic acids is 2. The maximum absolute atomic E-state index is 11.2. The molecule has 0 aromatic carbocycles. The quantitative estimate of drug-likeness (QED) is 0.583. The number of ketones is 1.